The lowest BCUT2D eigenvalue weighted by molar-refractivity contribution is 0.0382. The summed E-state index contributed by atoms with van der Waals surface area (Å²) in [5.41, 5.74) is -2.92. The molecule has 1 heterocycles. The maximum atomic E-state index is 12.2. The second kappa shape index (κ2) is 18.7. The van der Waals surface area contributed by atoms with Crippen molar-refractivity contribution in [1.29, 1.82) is 0 Å². The Labute approximate surface area is 303 Å². The minimum Gasteiger partial charge on any atom is -0.508 e. The number of carboxylic acids is 4. The van der Waals surface area contributed by atoms with E-state index in [4.69, 9.17) is 30.6 Å². The highest BCUT2D eigenvalue weighted by atomic mass is 16.6. The summed E-state index contributed by atoms with van der Waals surface area (Å²) in [6.07, 6.45) is 0. The smallest absolute Gasteiger partial charge is 0.346 e. The number of phenols is 2. The van der Waals surface area contributed by atoms with Crippen LogP contribution >= 0.6 is 0 Å². The van der Waals surface area contributed by atoms with Crippen LogP contribution in [-0.4, -0.2) is 78.4 Å². The molecule has 0 spiro atoms. The third-order valence-electron chi connectivity index (χ3n) is 6.68. The largest absolute Gasteiger partial charge is 0.508 e. The second-order valence-electron chi connectivity index (χ2n) is 10.3. The molecule has 1 aliphatic rings. The molecule has 0 fully saturated rings. The van der Waals surface area contributed by atoms with E-state index in [0.717, 1.165) is 24.3 Å². The van der Waals surface area contributed by atoms with Gasteiger partial charge in [-0.3, -0.25) is 0 Å². The predicted molar refractivity (Wildman–Crippen MR) is 183 cm³/mol. The van der Waals surface area contributed by atoms with Crippen LogP contribution < -0.4 is 0 Å². The molecule has 16 nitrogen and oxygen atoms in total. The summed E-state index contributed by atoms with van der Waals surface area (Å²) in [7, 11) is 0. The molecule has 0 amide bonds. The van der Waals surface area contributed by atoms with E-state index in [1.54, 1.807) is 72.8 Å². The first-order valence-electron chi connectivity index (χ1n) is 14.9. The fourth-order valence-electron chi connectivity index (χ4n) is 4.15. The number of ether oxygens (including phenoxy) is 2. The third-order valence-corrected chi connectivity index (χ3v) is 6.68. The highest BCUT2D eigenvalue weighted by Gasteiger charge is 2.28. The minimum absolute atomic E-state index is 0.322. The second-order valence-corrected chi connectivity index (χ2v) is 10.3. The average molecular weight is 739 g/mol. The van der Waals surface area contributed by atoms with Gasteiger partial charge in [0.2, 0.25) is 0 Å². The molecule has 1 aliphatic heterocycles. The van der Waals surface area contributed by atoms with Crippen LogP contribution in [0.1, 0.15) is 82.9 Å². The SMILES string of the molecule is O=C(O)c1ccc(C(=O)OC(=O)c2ccc(C(=O)O)cc2C(=O)O)c(C(=O)O)c1.O=C1OC(=O)c2ccccc21.Oc1ccccc1.Oc1ccccc1. The summed E-state index contributed by atoms with van der Waals surface area (Å²) in [4.78, 5) is 90.5. The Morgan fingerprint density at radius 2 is 0.759 bits per heavy atom. The lowest BCUT2D eigenvalue weighted by Gasteiger charge is -2.09. The predicted octanol–water partition coefficient (Wildman–Crippen LogP) is 5.26. The van der Waals surface area contributed by atoms with Gasteiger partial charge >= 0.3 is 47.8 Å². The number of fused-ring (bicyclic) bond motifs is 1. The number of carbonyl (C=O) groups is 8. The molecule has 16 heteroatoms. The van der Waals surface area contributed by atoms with Crippen LogP contribution in [0.4, 0.5) is 0 Å². The van der Waals surface area contributed by atoms with E-state index in [1.165, 1.54) is 0 Å². The molecule has 0 saturated heterocycles. The van der Waals surface area contributed by atoms with Crippen molar-refractivity contribution in [3.8, 4) is 11.5 Å². The first kappa shape index (κ1) is 40.3. The molecule has 0 radical (unpaired) electrons. The van der Waals surface area contributed by atoms with Crippen molar-refractivity contribution in [2.24, 2.45) is 0 Å². The number of rotatable bonds is 6. The molecule has 5 aromatic rings. The Morgan fingerprint density at radius 3 is 1.04 bits per heavy atom. The van der Waals surface area contributed by atoms with E-state index >= 15 is 0 Å². The Balaban J connectivity index is 0.000000249. The molecule has 0 aromatic heterocycles. The molecule has 0 bridgehead atoms. The number of aromatic hydroxyl groups is 2. The normalized spacial score (nSPS) is 10.6. The van der Waals surface area contributed by atoms with Gasteiger partial charge in [-0.15, -0.1) is 0 Å². The van der Waals surface area contributed by atoms with E-state index < -0.39 is 81.1 Å². The number of hydrogen-bond donors (Lipinski definition) is 6. The monoisotopic (exact) mass is 738 g/mol. The summed E-state index contributed by atoms with van der Waals surface area (Å²) < 4.78 is 8.86. The number of para-hydroxylation sites is 2. The lowest BCUT2D eigenvalue weighted by Crippen LogP contribution is -2.19. The van der Waals surface area contributed by atoms with Crippen molar-refractivity contribution >= 4 is 47.8 Å². The van der Waals surface area contributed by atoms with Gasteiger partial charge in [0.25, 0.3) is 0 Å². The number of benzene rings is 5. The van der Waals surface area contributed by atoms with Gasteiger partial charge in [0.05, 0.1) is 44.5 Å². The lowest BCUT2D eigenvalue weighted by atomic mass is 10.0. The zero-order chi connectivity index (χ0) is 39.9. The molecule has 54 heavy (non-hydrogen) atoms. The van der Waals surface area contributed by atoms with Crippen LogP contribution in [0.15, 0.2) is 121 Å². The van der Waals surface area contributed by atoms with Crippen molar-refractivity contribution in [1.82, 2.24) is 0 Å². The van der Waals surface area contributed by atoms with Crippen molar-refractivity contribution in [2.45, 2.75) is 0 Å². The Hall–Kier alpha value is -8.14. The fraction of sp³-hybridized carbons (Fsp3) is 0. The highest BCUT2D eigenvalue weighted by Crippen LogP contribution is 2.19. The highest BCUT2D eigenvalue weighted by molar-refractivity contribution is 6.14. The van der Waals surface area contributed by atoms with E-state index in [2.05, 4.69) is 9.47 Å². The number of hydrogen-bond acceptors (Lipinski definition) is 12. The van der Waals surface area contributed by atoms with Gasteiger partial charge in [-0.25, -0.2) is 38.4 Å². The van der Waals surface area contributed by atoms with E-state index in [9.17, 15) is 38.4 Å². The van der Waals surface area contributed by atoms with E-state index in [0.29, 0.717) is 34.8 Å². The van der Waals surface area contributed by atoms with Crippen LogP contribution in [-0.2, 0) is 9.47 Å². The molecular weight excluding hydrogens is 712 g/mol. The summed E-state index contributed by atoms with van der Waals surface area (Å²) in [6, 6.07) is 28.8. The minimum atomic E-state index is -1.66. The number of phenolic OH excluding ortho intramolecular Hbond substituents is 2. The number of cyclic esters (lactones) is 2. The quantitative estimate of drug-likeness (QED) is 0.0957. The average Bonchev–Trinajstić information content (AvgIpc) is 3.44. The summed E-state index contributed by atoms with van der Waals surface area (Å²) >= 11 is 0. The Morgan fingerprint density at radius 1 is 0.426 bits per heavy atom. The number of aromatic carboxylic acids is 4. The van der Waals surface area contributed by atoms with E-state index in [1.807, 2.05) is 12.1 Å². The van der Waals surface area contributed by atoms with Gasteiger partial charge in [-0.2, -0.15) is 0 Å². The van der Waals surface area contributed by atoms with E-state index in [-0.39, 0.29) is 0 Å². The van der Waals surface area contributed by atoms with Gasteiger partial charge in [0.15, 0.2) is 0 Å². The molecular formula is C38H26O16. The molecule has 274 valence electrons. The molecule has 0 atom stereocenters. The van der Waals surface area contributed by atoms with Crippen LogP contribution in [0.25, 0.3) is 0 Å². The molecule has 6 rings (SSSR count). The van der Waals surface area contributed by atoms with Gasteiger partial charge in [-0.1, -0.05) is 48.5 Å². The van der Waals surface area contributed by atoms with Crippen molar-refractivity contribution in [3.63, 3.8) is 0 Å². The standard InChI is InChI=1S/C18H10O11.C8H4O3.2C6H6O/c19-13(20)7-1-3-9(11(5-7)15(23)24)17(27)29-18(28)10-4-2-8(14(21)22)6-12(10)16(25)26;9-7-5-3-1-2-4-6(5)8(10)11-7;2*7-6-4-2-1-3-5-6/h1-6H,(H,19,20)(H,21,22)(H,23,24)(H,25,26);1-4H;2*1-5,7H. The zero-order valence-corrected chi connectivity index (χ0v) is 27.3. The van der Waals surface area contributed by atoms with Crippen LogP contribution in [0.5, 0.6) is 11.5 Å². The van der Waals surface area contributed by atoms with Crippen molar-refractivity contribution in [3.05, 3.63) is 166 Å². The molecule has 0 unspecified atom stereocenters. The fourth-order valence-corrected chi connectivity index (χ4v) is 4.15. The summed E-state index contributed by atoms with van der Waals surface area (Å²) in [6.45, 7) is 0. The zero-order valence-electron chi connectivity index (χ0n) is 27.3. The first-order chi connectivity index (χ1) is 25.6. The van der Waals surface area contributed by atoms with Gasteiger partial charge < -0.3 is 40.1 Å². The molecule has 0 aliphatic carbocycles. The maximum Gasteiger partial charge on any atom is 0.346 e. The van der Waals surface area contributed by atoms with Crippen molar-refractivity contribution in [2.75, 3.05) is 0 Å². The molecule has 5 aromatic carbocycles. The van der Waals surface area contributed by atoms with Crippen LogP contribution in [0, 0.1) is 0 Å². The molecule has 6 N–H and O–H groups in total. The molecule has 0 saturated carbocycles. The summed E-state index contributed by atoms with van der Waals surface area (Å²) in [5, 5.41) is 53.4. The first-order valence-corrected chi connectivity index (χ1v) is 14.9. The van der Waals surface area contributed by atoms with Crippen molar-refractivity contribution < 1.29 is 78.5 Å². The van der Waals surface area contributed by atoms with Gasteiger partial charge in [0.1, 0.15) is 11.5 Å². The maximum absolute atomic E-state index is 12.2. The topological polar surface area (TPSA) is 276 Å². The summed E-state index contributed by atoms with van der Waals surface area (Å²) in [5.74, 6) is -9.62. The van der Waals surface area contributed by atoms with Crippen LogP contribution in [0.3, 0.4) is 0 Å². The number of esters is 4. The van der Waals surface area contributed by atoms with Gasteiger partial charge in [-0.05, 0) is 72.8 Å². The number of carbonyl (C=O) groups excluding carboxylic acids is 4. The van der Waals surface area contributed by atoms with Gasteiger partial charge in [0, 0.05) is 0 Å². The third kappa shape index (κ3) is 11.2. The number of carboxylic acid groups (broad SMARTS) is 4. The van der Waals surface area contributed by atoms with Crippen LogP contribution in [0.2, 0.25) is 0 Å². The Bertz CT molecular complexity index is 2070. The Kier molecular flexibility index (Phi) is 14.0.